The quantitative estimate of drug-likeness (QED) is 0.621. The molecule has 2 bridgehead atoms. The van der Waals surface area contributed by atoms with Gasteiger partial charge in [-0.05, 0) is 20.8 Å². The summed E-state index contributed by atoms with van der Waals surface area (Å²) in [6, 6.07) is -0.290. The van der Waals surface area contributed by atoms with E-state index in [-0.39, 0.29) is 35.8 Å². The largest absolute Gasteiger partial charge is 0.444 e. The molecule has 0 aromatic rings. The fourth-order valence-corrected chi connectivity index (χ4v) is 2.74. The summed E-state index contributed by atoms with van der Waals surface area (Å²) in [5.41, 5.74) is -0.509. The first-order chi connectivity index (χ1) is 8.22. The fraction of sp³-hybridized carbons (Fsp3) is 0.714. The van der Waals surface area contributed by atoms with Gasteiger partial charge in [-0.2, -0.15) is 0 Å². The highest BCUT2D eigenvalue weighted by Crippen LogP contribution is 2.36. The Bertz CT molecular complexity index is 386. The summed E-state index contributed by atoms with van der Waals surface area (Å²) in [6.07, 6.45) is 3.59. The molecule has 2 aliphatic rings. The second-order valence-corrected chi connectivity index (χ2v) is 6.23. The van der Waals surface area contributed by atoms with Crippen LogP contribution in [-0.2, 0) is 9.53 Å². The number of piperidine rings is 1. The molecule has 1 amide bonds. The number of fused-ring (bicyclic) bond motifs is 2. The summed E-state index contributed by atoms with van der Waals surface area (Å²) >= 11 is 0. The normalized spacial score (nSPS) is 34.9. The number of Topliss-reactive ketones (excluding diaryl/α,β-unsaturated/α-hetero) is 1. The first kappa shape index (κ1) is 13.1. The zero-order valence-corrected chi connectivity index (χ0v) is 11.6. The van der Waals surface area contributed by atoms with Crippen LogP contribution in [0.2, 0.25) is 0 Å². The van der Waals surface area contributed by atoms with E-state index >= 15 is 0 Å². The molecule has 0 aromatic heterocycles. The maximum atomic E-state index is 12.2. The highest BCUT2D eigenvalue weighted by Gasteiger charge is 2.49. The second-order valence-electron chi connectivity index (χ2n) is 6.23. The lowest BCUT2D eigenvalue weighted by Crippen LogP contribution is -2.56. The van der Waals surface area contributed by atoms with Crippen LogP contribution in [0.1, 0.15) is 34.6 Å². The van der Waals surface area contributed by atoms with Crippen LogP contribution in [0.5, 0.6) is 0 Å². The van der Waals surface area contributed by atoms with Crippen molar-refractivity contribution in [3.8, 4) is 0 Å². The summed E-state index contributed by atoms with van der Waals surface area (Å²) in [7, 11) is 0. The summed E-state index contributed by atoms with van der Waals surface area (Å²) in [4.78, 5) is 26.0. The zero-order chi connectivity index (χ0) is 13.7. The monoisotopic (exact) mass is 251 g/mol. The predicted octanol–water partition coefficient (Wildman–Crippen LogP) is 2.39. The number of nitrogens with zero attached hydrogens (tertiary/aromatic N) is 1. The second kappa shape index (κ2) is 4.11. The maximum Gasteiger partial charge on any atom is 0.411 e. The molecule has 100 valence electrons. The van der Waals surface area contributed by atoms with Crippen molar-refractivity contribution >= 4 is 11.9 Å². The van der Waals surface area contributed by atoms with Crippen LogP contribution in [0, 0.1) is 11.8 Å². The number of carbonyl (C=O) groups excluding carboxylic acids is 2. The van der Waals surface area contributed by atoms with Crippen molar-refractivity contribution in [1.82, 2.24) is 4.90 Å². The van der Waals surface area contributed by atoms with Gasteiger partial charge in [-0.1, -0.05) is 26.0 Å². The third kappa shape index (κ3) is 2.04. The first-order valence-electron chi connectivity index (χ1n) is 6.46. The Labute approximate surface area is 108 Å². The molecule has 2 heterocycles. The minimum Gasteiger partial charge on any atom is -0.444 e. The van der Waals surface area contributed by atoms with Crippen molar-refractivity contribution in [2.24, 2.45) is 11.8 Å². The fourth-order valence-electron chi connectivity index (χ4n) is 2.74. The van der Waals surface area contributed by atoms with E-state index < -0.39 is 5.60 Å². The number of amides is 1. The van der Waals surface area contributed by atoms with Gasteiger partial charge in [-0.25, -0.2) is 4.79 Å². The average Bonchev–Trinajstić information content (AvgIpc) is 2.63. The Balaban J connectivity index is 2.21. The molecular formula is C14H21NO3. The van der Waals surface area contributed by atoms with Gasteiger partial charge < -0.3 is 4.74 Å². The summed E-state index contributed by atoms with van der Waals surface area (Å²) in [5.74, 6) is -0.0696. The van der Waals surface area contributed by atoms with Gasteiger partial charge in [0.15, 0.2) is 0 Å². The summed E-state index contributed by atoms with van der Waals surface area (Å²) in [6.45, 7) is 9.31. The van der Waals surface area contributed by atoms with Gasteiger partial charge in [0.25, 0.3) is 0 Å². The molecular weight excluding hydrogens is 230 g/mol. The van der Waals surface area contributed by atoms with Crippen LogP contribution in [0.25, 0.3) is 0 Å². The molecule has 1 saturated heterocycles. The lowest BCUT2D eigenvalue weighted by Gasteiger charge is -2.41. The minimum atomic E-state index is -0.509. The Hall–Kier alpha value is -1.32. The van der Waals surface area contributed by atoms with Crippen LogP contribution in [0.3, 0.4) is 0 Å². The average molecular weight is 251 g/mol. The number of ether oxygens (including phenoxy) is 1. The molecule has 18 heavy (non-hydrogen) atoms. The third-order valence-corrected chi connectivity index (χ3v) is 3.67. The molecule has 4 heteroatoms. The maximum absolute atomic E-state index is 12.2. The van der Waals surface area contributed by atoms with E-state index in [9.17, 15) is 9.59 Å². The predicted molar refractivity (Wildman–Crippen MR) is 68.1 cm³/mol. The van der Waals surface area contributed by atoms with Crippen LogP contribution in [0.15, 0.2) is 12.2 Å². The van der Waals surface area contributed by atoms with Crippen LogP contribution < -0.4 is 0 Å². The van der Waals surface area contributed by atoms with E-state index in [0.29, 0.717) is 0 Å². The summed E-state index contributed by atoms with van der Waals surface area (Å²) < 4.78 is 5.43. The Morgan fingerprint density at radius 1 is 1.17 bits per heavy atom. The molecule has 0 radical (unpaired) electrons. The molecule has 0 aromatic carbocycles. The molecule has 0 saturated carbocycles. The summed E-state index contributed by atoms with van der Waals surface area (Å²) in [5, 5.41) is 0. The molecule has 0 N–H and O–H groups in total. The number of ketones is 1. The van der Waals surface area contributed by atoms with Crippen molar-refractivity contribution in [1.29, 1.82) is 0 Å². The van der Waals surface area contributed by atoms with Crippen molar-refractivity contribution in [3.63, 3.8) is 0 Å². The highest BCUT2D eigenvalue weighted by atomic mass is 16.6. The SMILES string of the molecule is C[C@@H]1C(=O)[C@H](C)[C@@H]2C=C[C@H]1N2C(=O)OC(C)(C)C. The molecule has 0 aliphatic carbocycles. The Morgan fingerprint density at radius 2 is 1.61 bits per heavy atom. The Kier molecular flexibility index (Phi) is 2.99. The topological polar surface area (TPSA) is 46.6 Å². The van der Waals surface area contributed by atoms with E-state index in [2.05, 4.69) is 0 Å². The number of hydrogen-bond donors (Lipinski definition) is 0. The lowest BCUT2D eigenvalue weighted by molar-refractivity contribution is -0.132. The molecule has 4 atom stereocenters. The zero-order valence-electron chi connectivity index (χ0n) is 11.6. The van der Waals surface area contributed by atoms with E-state index in [4.69, 9.17) is 4.74 Å². The van der Waals surface area contributed by atoms with Gasteiger partial charge in [-0.15, -0.1) is 0 Å². The van der Waals surface area contributed by atoms with Crippen molar-refractivity contribution in [2.45, 2.75) is 52.3 Å². The van der Waals surface area contributed by atoms with Gasteiger partial charge in [0.2, 0.25) is 0 Å². The standard InChI is InChI=1S/C14H21NO3/c1-8-10-6-7-11(9(2)12(8)16)15(10)13(17)18-14(3,4)5/h6-11H,1-5H3/t8-,9+,10+,11-. The number of carbonyl (C=O) groups is 2. The minimum absolute atomic E-state index is 0.145. The molecule has 0 spiro atoms. The number of rotatable bonds is 0. The van der Waals surface area contributed by atoms with Crippen molar-refractivity contribution < 1.29 is 14.3 Å². The van der Waals surface area contributed by atoms with Gasteiger partial charge in [-0.3, -0.25) is 9.69 Å². The first-order valence-corrected chi connectivity index (χ1v) is 6.46. The molecule has 1 fully saturated rings. The van der Waals surface area contributed by atoms with E-state index in [0.717, 1.165) is 0 Å². The van der Waals surface area contributed by atoms with E-state index in [1.807, 2.05) is 46.8 Å². The molecule has 4 nitrogen and oxygen atoms in total. The van der Waals surface area contributed by atoms with Crippen LogP contribution in [0.4, 0.5) is 4.79 Å². The van der Waals surface area contributed by atoms with Gasteiger partial charge >= 0.3 is 6.09 Å². The third-order valence-electron chi connectivity index (χ3n) is 3.67. The lowest BCUT2D eigenvalue weighted by atomic mass is 9.83. The van der Waals surface area contributed by atoms with Gasteiger partial charge in [0, 0.05) is 11.8 Å². The van der Waals surface area contributed by atoms with Crippen LogP contribution >= 0.6 is 0 Å². The highest BCUT2D eigenvalue weighted by molar-refractivity contribution is 5.88. The van der Waals surface area contributed by atoms with Gasteiger partial charge in [0.05, 0.1) is 12.1 Å². The Morgan fingerprint density at radius 3 is 2.00 bits per heavy atom. The van der Waals surface area contributed by atoms with E-state index in [1.54, 1.807) is 4.90 Å². The number of hydrogen-bond acceptors (Lipinski definition) is 3. The van der Waals surface area contributed by atoms with Crippen molar-refractivity contribution in [3.05, 3.63) is 12.2 Å². The smallest absolute Gasteiger partial charge is 0.411 e. The molecule has 2 aliphatic heterocycles. The van der Waals surface area contributed by atoms with Crippen molar-refractivity contribution in [2.75, 3.05) is 0 Å². The van der Waals surface area contributed by atoms with Crippen LogP contribution in [-0.4, -0.2) is 34.5 Å². The molecule has 2 rings (SSSR count). The molecule has 0 unspecified atom stereocenters. The van der Waals surface area contributed by atoms with Gasteiger partial charge in [0.1, 0.15) is 11.4 Å². The van der Waals surface area contributed by atoms with E-state index in [1.165, 1.54) is 0 Å².